The molecule has 0 fully saturated rings. The number of nitrogens with one attached hydrogen (secondary N) is 1. The van der Waals surface area contributed by atoms with Crippen molar-refractivity contribution in [2.75, 3.05) is 7.11 Å². The Hall–Kier alpha value is -1.68. The number of H-pyrrole nitrogens is 1. The smallest absolute Gasteiger partial charge is 0.197 e. The first kappa shape index (κ1) is 12.8. The molecule has 2 rings (SSSR count). The van der Waals surface area contributed by atoms with Crippen LogP contribution in [0.2, 0.25) is 0 Å². The van der Waals surface area contributed by atoms with Crippen LogP contribution in [0, 0.1) is 25.5 Å². The number of aromatic amines is 1. The van der Waals surface area contributed by atoms with Crippen LogP contribution < -0.4 is 4.74 Å². The van der Waals surface area contributed by atoms with Crippen LogP contribution in [0.25, 0.3) is 11.3 Å². The molecule has 1 N–H and O–H groups in total. The minimum Gasteiger partial charge on any atom is -0.496 e. The van der Waals surface area contributed by atoms with Gasteiger partial charge in [0.15, 0.2) is 4.77 Å². The number of rotatable bonds is 2. The minimum atomic E-state index is 0.512. The molecule has 0 aliphatic heterocycles. The Morgan fingerprint density at radius 1 is 1.11 bits per heavy atom. The fourth-order valence-electron chi connectivity index (χ4n) is 2.00. The standard InChI is InChI=1S/C14H16N2OS/c1-8-6-13(17-4)9(2)5-11(8)12-7-10(3)15-14(18)16-12/h5-7H,1-4H3,(H,15,16,18). The molecule has 0 aliphatic rings. The summed E-state index contributed by atoms with van der Waals surface area (Å²) >= 11 is 5.12. The van der Waals surface area contributed by atoms with Crippen molar-refractivity contribution in [3.8, 4) is 17.0 Å². The van der Waals surface area contributed by atoms with E-state index in [4.69, 9.17) is 17.0 Å². The molecule has 0 unspecified atom stereocenters. The quantitative estimate of drug-likeness (QED) is 0.836. The molecular weight excluding hydrogens is 244 g/mol. The van der Waals surface area contributed by atoms with Gasteiger partial charge < -0.3 is 9.72 Å². The van der Waals surface area contributed by atoms with Gasteiger partial charge in [-0.05, 0) is 62.3 Å². The van der Waals surface area contributed by atoms with Crippen LogP contribution >= 0.6 is 12.2 Å². The largest absolute Gasteiger partial charge is 0.496 e. The van der Waals surface area contributed by atoms with Crippen LogP contribution in [0.5, 0.6) is 5.75 Å². The van der Waals surface area contributed by atoms with E-state index in [-0.39, 0.29) is 0 Å². The molecule has 0 bridgehead atoms. The van der Waals surface area contributed by atoms with Crippen LogP contribution in [0.3, 0.4) is 0 Å². The van der Waals surface area contributed by atoms with Gasteiger partial charge in [-0.15, -0.1) is 0 Å². The molecule has 1 aromatic carbocycles. The minimum absolute atomic E-state index is 0.512. The summed E-state index contributed by atoms with van der Waals surface area (Å²) in [6.45, 7) is 6.05. The van der Waals surface area contributed by atoms with E-state index in [1.165, 1.54) is 0 Å². The van der Waals surface area contributed by atoms with Crippen molar-refractivity contribution >= 4 is 12.2 Å². The van der Waals surface area contributed by atoms with Crippen LogP contribution in [-0.4, -0.2) is 17.1 Å². The molecule has 1 aromatic heterocycles. The van der Waals surface area contributed by atoms with Crippen molar-refractivity contribution in [3.05, 3.63) is 39.8 Å². The summed E-state index contributed by atoms with van der Waals surface area (Å²) in [6.07, 6.45) is 0. The summed E-state index contributed by atoms with van der Waals surface area (Å²) in [4.78, 5) is 7.40. The number of aromatic nitrogens is 2. The van der Waals surface area contributed by atoms with Crippen LogP contribution in [0.4, 0.5) is 0 Å². The van der Waals surface area contributed by atoms with Crippen LogP contribution in [0.1, 0.15) is 16.8 Å². The predicted molar refractivity (Wildman–Crippen MR) is 75.6 cm³/mol. The van der Waals surface area contributed by atoms with Gasteiger partial charge in [0.1, 0.15) is 5.75 Å². The van der Waals surface area contributed by atoms with E-state index >= 15 is 0 Å². The van der Waals surface area contributed by atoms with Gasteiger partial charge in [0.25, 0.3) is 0 Å². The first-order valence-electron chi connectivity index (χ1n) is 5.75. The Balaban J connectivity index is 2.64. The molecule has 0 saturated heterocycles. The zero-order chi connectivity index (χ0) is 13.3. The highest BCUT2D eigenvalue weighted by atomic mass is 32.1. The molecule has 3 nitrogen and oxygen atoms in total. The molecule has 94 valence electrons. The third kappa shape index (κ3) is 2.43. The number of aryl methyl sites for hydroxylation is 3. The predicted octanol–water partition coefficient (Wildman–Crippen LogP) is 3.74. The Bertz CT molecular complexity index is 647. The topological polar surface area (TPSA) is 37.9 Å². The average Bonchev–Trinajstić information content (AvgIpc) is 2.30. The van der Waals surface area contributed by atoms with E-state index in [1.807, 2.05) is 32.9 Å². The number of benzene rings is 1. The molecule has 0 atom stereocenters. The third-order valence-corrected chi connectivity index (χ3v) is 3.09. The van der Waals surface area contributed by atoms with Crippen molar-refractivity contribution in [2.24, 2.45) is 0 Å². The van der Waals surface area contributed by atoms with Crippen molar-refractivity contribution < 1.29 is 4.74 Å². The lowest BCUT2D eigenvalue weighted by molar-refractivity contribution is 0.411. The van der Waals surface area contributed by atoms with E-state index in [0.717, 1.165) is 33.8 Å². The summed E-state index contributed by atoms with van der Waals surface area (Å²) in [7, 11) is 1.68. The van der Waals surface area contributed by atoms with Crippen molar-refractivity contribution in [1.82, 2.24) is 9.97 Å². The van der Waals surface area contributed by atoms with Crippen LogP contribution in [0.15, 0.2) is 18.2 Å². The first-order chi connectivity index (χ1) is 8.51. The summed E-state index contributed by atoms with van der Waals surface area (Å²) < 4.78 is 5.83. The Kier molecular flexibility index (Phi) is 3.48. The van der Waals surface area contributed by atoms with Gasteiger partial charge in [0, 0.05) is 11.3 Å². The van der Waals surface area contributed by atoms with Gasteiger partial charge in [-0.25, -0.2) is 4.98 Å². The average molecular weight is 260 g/mol. The molecule has 4 heteroatoms. The highest BCUT2D eigenvalue weighted by Crippen LogP contribution is 2.29. The van der Waals surface area contributed by atoms with Crippen molar-refractivity contribution in [2.45, 2.75) is 20.8 Å². The molecule has 0 spiro atoms. The molecule has 0 aliphatic carbocycles. The van der Waals surface area contributed by atoms with Crippen molar-refractivity contribution in [1.29, 1.82) is 0 Å². The number of hydrogen-bond donors (Lipinski definition) is 1. The Morgan fingerprint density at radius 2 is 1.83 bits per heavy atom. The summed E-state index contributed by atoms with van der Waals surface area (Å²) in [5.74, 6) is 0.897. The fourth-order valence-corrected chi connectivity index (χ4v) is 2.26. The SMILES string of the molecule is COc1cc(C)c(-c2cc(C)[nH]c(=S)n2)cc1C. The van der Waals surface area contributed by atoms with Crippen molar-refractivity contribution in [3.63, 3.8) is 0 Å². The molecular formula is C14H16N2OS. The van der Waals surface area contributed by atoms with E-state index in [0.29, 0.717) is 4.77 Å². The molecule has 0 saturated carbocycles. The summed E-state index contributed by atoms with van der Waals surface area (Å²) in [6, 6.07) is 6.12. The summed E-state index contributed by atoms with van der Waals surface area (Å²) in [5.41, 5.74) is 5.23. The monoisotopic (exact) mass is 260 g/mol. The van der Waals surface area contributed by atoms with E-state index in [1.54, 1.807) is 7.11 Å². The maximum atomic E-state index is 5.32. The van der Waals surface area contributed by atoms with Crippen LogP contribution in [-0.2, 0) is 0 Å². The lowest BCUT2D eigenvalue weighted by atomic mass is 10.0. The van der Waals surface area contributed by atoms with Gasteiger partial charge in [0.05, 0.1) is 12.8 Å². The molecule has 18 heavy (non-hydrogen) atoms. The summed E-state index contributed by atoms with van der Waals surface area (Å²) in [5, 5.41) is 0. The number of ether oxygens (including phenoxy) is 1. The lowest BCUT2D eigenvalue weighted by Gasteiger charge is -2.11. The van der Waals surface area contributed by atoms with Gasteiger partial charge in [-0.3, -0.25) is 0 Å². The van der Waals surface area contributed by atoms with E-state index < -0.39 is 0 Å². The Labute approximate surface area is 112 Å². The second kappa shape index (κ2) is 4.90. The molecule has 2 aromatic rings. The maximum absolute atomic E-state index is 5.32. The second-order valence-corrected chi connectivity index (χ2v) is 4.78. The van der Waals surface area contributed by atoms with E-state index in [9.17, 15) is 0 Å². The van der Waals surface area contributed by atoms with Gasteiger partial charge in [0.2, 0.25) is 0 Å². The lowest BCUT2D eigenvalue weighted by Crippen LogP contribution is -1.95. The molecule has 1 heterocycles. The van der Waals surface area contributed by atoms with Gasteiger partial charge in [-0.1, -0.05) is 0 Å². The Morgan fingerprint density at radius 3 is 2.44 bits per heavy atom. The number of hydrogen-bond acceptors (Lipinski definition) is 3. The zero-order valence-electron chi connectivity index (χ0n) is 11.0. The van der Waals surface area contributed by atoms with E-state index in [2.05, 4.69) is 16.0 Å². The highest BCUT2D eigenvalue weighted by molar-refractivity contribution is 7.71. The number of methoxy groups -OCH3 is 1. The molecule has 0 radical (unpaired) electrons. The van der Waals surface area contributed by atoms with Gasteiger partial charge in [-0.2, -0.15) is 0 Å². The highest BCUT2D eigenvalue weighted by Gasteiger charge is 2.08. The maximum Gasteiger partial charge on any atom is 0.197 e. The zero-order valence-corrected chi connectivity index (χ0v) is 11.8. The van der Waals surface area contributed by atoms with Gasteiger partial charge >= 0.3 is 0 Å². The number of nitrogens with zero attached hydrogens (tertiary/aromatic N) is 1. The normalized spacial score (nSPS) is 10.4. The second-order valence-electron chi connectivity index (χ2n) is 4.39. The first-order valence-corrected chi connectivity index (χ1v) is 6.15. The molecule has 0 amide bonds. The third-order valence-electron chi connectivity index (χ3n) is 2.90. The fraction of sp³-hybridized carbons (Fsp3) is 0.286.